The molecule has 0 fully saturated rings. The Hall–Kier alpha value is -0.850. The fourth-order valence-corrected chi connectivity index (χ4v) is 1.09. The summed E-state index contributed by atoms with van der Waals surface area (Å²) in [7, 11) is 0. The van der Waals surface area contributed by atoms with Crippen LogP contribution >= 0.6 is 0 Å². The van der Waals surface area contributed by atoms with Crippen LogP contribution in [-0.4, -0.2) is 5.78 Å². The van der Waals surface area contributed by atoms with Crippen LogP contribution in [0.3, 0.4) is 0 Å². The molecular weight excluding hydrogens is 172 g/mol. The third kappa shape index (κ3) is 6.64. The topological polar surface area (TPSA) is 17.1 Å². The number of carbonyl (C=O) groups excluding carboxylic acids is 1. The number of hydrogen-bond acceptors (Lipinski definition) is 1. The van der Waals surface area contributed by atoms with Gasteiger partial charge < -0.3 is 0 Å². The van der Waals surface area contributed by atoms with Crippen molar-refractivity contribution in [1.82, 2.24) is 0 Å². The van der Waals surface area contributed by atoms with Crippen molar-refractivity contribution in [2.75, 3.05) is 0 Å². The maximum absolute atomic E-state index is 11.4. The molecule has 0 aliphatic heterocycles. The Bertz CT molecular complexity index is 199. The third-order valence-corrected chi connectivity index (χ3v) is 1.65. The van der Waals surface area contributed by atoms with Crippen LogP contribution in [-0.2, 0) is 4.79 Å². The number of hydrogen-bond donors (Lipinski definition) is 0. The van der Waals surface area contributed by atoms with Gasteiger partial charge in [0.1, 0.15) is 0 Å². The predicted octanol–water partition coefficient (Wildman–Crippen LogP) is 4.29. The molecule has 0 aliphatic rings. The van der Waals surface area contributed by atoms with Gasteiger partial charge in [-0.2, -0.15) is 0 Å². The molecule has 14 heavy (non-hydrogen) atoms. The zero-order chi connectivity index (χ0) is 11.6. The van der Waals surface area contributed by atoms with E-state index >= 15 is 0 Å². The molecule has 0 saturated carbocycles. The second-order valence-corrected chi connectivity index (χ2v) is 2.98. The molecule has 0 bridgehead atoms. The monoisotopic (exact) mass is 196 g/mol. The molecule has 0 amide bonds. The van der Waals surface area contributed by atoms with Crippen LogP contribution < -0.4 is 0 Å². The molecule has 0 heterocycles. The van der Waals surface area contributed by atoms with E-state index in [1.54, 1.807) is 0 Å². The summed E-state index contributed by atoms with van der Waals surface area (Å²) in [6.07, 6.45) is 4.41. The van der Waals surface area contributed by atoms with Crippen LogP contribution in [0.5, 0.6) is 0 Å². The van der Waals surface area contributed by atoms with Crippen LogP contribution in [0.1, 0.15) is 53.9 Å². The second kappa shape index (κ2) is 10.2. The second-order valence-electron chi connectivity index (χ2n) is 2.98. The van der Waals surface area contributed by atoms with Gasteiger partial charge in [0.25, 0.3) is 0 Å². The van der Waals surface area contributed by atoms with Gasteiger partial charge in [-0.1, -0.05) is 40.3 Å². The molecule has 1 heteroatoms. The van der Waals surface area contributed by atoms with E-state index in [0.717, 1.165) is 24.0 Å². The van der Waals surface area contributed by atoms with Gasteiger partial charge >= 0.3 is 0 Å². The zero-order valence-electron chi connectivity index (χ0n) is 10.3. The van der Waals surface area contributed by atoms with Crippen LogP contribution in [0.4, 0.5) is 0 Å². The quantitative estimate of drug-likeness (QED) is 0.473. The summed E-state index contributed by atoms with van der Waals surface area (Å²) < 4.78 is 0. The van der Waals surface area contributed by atoms with Gasteiger partial charge in [-0.05, 0) is 25.3 Å². The van der Waals surface area contributed by atoms with Crippen LogP contribution in [0.2, 0.25) is 0 Å². The van der Waals surface area contributed by atoms with E-state index in [4.69, 9.17) is 0 Å². The molecule has 0 radical (unpaired) electrons. The van der Waals surface area contributed by atoms with Crippen LogP contribution in [0, 0.1) is 0 Å². The molecule has 0 unspecified atom stereocenters. The third-order valence-electron chi connectivity index (χ3n) is 1.65. The van der Waals surface area contributed by atoms with Gasteiger partial charge in [-0.3, -0.25) is 4.79 Å². The molecule has 1 nitrogen and oxygen atoms in total. The molecule has 0 aromatic heterocycles. The lowest BCUT2D eigenvalue weighted by atomic mass is 10.0. The average molecular weight is 196 g/mol. The van der Waals surface area contributed by atoms with Gasteiger partial charge in [0.2, 0.25) is 0 Å². The highest BCUT2D eigenvalue weighted by Gasteiger charge is 2.07. The molecule has 0 spiro atoms. The largest absolute Gasteiger partial charge is 0.294 e. The molecule has 0 aromatic carbocycles. The standard InChI is InChI=1S/C11H18O.C2H6/c1-5-7-10(9(3)4)11(12)8-6-2;1-2/h7H,3,5-6,8H2,1-2,4H3;1-2H3/b10-7+;. The van der Waals surface area contributed by atoms with E-state index in [1.807, 2.05) is 40.7 Å². The first-order valence-electron chi connectivity index (χ1n) is 5.52. The van der Waals surface area contributed by atoms with Gasteiger partial charge in [0.15, 0.2) is 5.78 Å². The number of allylic oxidation sites excluding steroid dienone is 3. The first kappa shape index (κ1) is 15.6. The molecule has 0 rings (SSSR count). The van der Waals surface area contributed by atoms with Gasteiger partial charge in [-0.15, -0.1) is 0 Å². The highest BCUT2D eigenvalue weighted by Crippen LogP contribution is 2.12. The molecule has 82 valence electrons. The Morgan fingerprint density at radius 1 is 1.29 bits per heavy atom. The number of Topliss-reactive ketones (excluding diaryl/α,β-unsaturated/α-hetero) is 1. The van der Waals surface area contributed by atoms with E-state index in [1.165, 1.54) is 0 Å². The summed E-state index contributed by atoms with van der Waals surface area (Å²) in [6.45, 7) is 13.7. The average Bonchev–Trinajstić information content (AvgIpc) is 2.17. The van der Waals surface area contributed by atoms with E-state index in [9.17, 15) is 4.79 Å². The fourth-order valence-electron chi connectivity index (χ4n) is 1.09. The summed E-state index contributed by atoms with van der Waals surface area (Å²) in [5, 5.41) is 0. The van der Waals surface area contributed by atoms with Crippen LogP contribution in [0.15, 0.2) is 23.8 Å². The first-order chi connectivity index (χ1) is 6.63. The van der Waals surface area contributed by atoms with Crippen molar-refractivity contribution < 1.29 is 4.79 Å². The summed E-state index contributed by atoms with van der Waals surface area (Å²) >= 11 is 0. The van der Waals surface area contributed by atoms with Crippen molar-refractivity contribution in [2.24, 2.45) is 0 Å². The molecule has 0 saturated heterocycles. The van der Waals surface area contributed by atoms with Crippen molar-refractivity contribution in [3.05, 3.63) is 23.8 Å². The normalized spacial score (nSPS) is 10.2. The Labute approximate surface area is 88.9 Å². The van der Waals surface area contributed by atoms with Crippen molar-refractivity contribution in [3.8, 4) is 0 Å². The lowest BCUT2D eigenvalue weighted by Crippen LogP contribution is -2.02. The van der Waals surface area contributed by atoms with E-state index in [-0.39, 0.29) is 5.78 Å². The zero-order valence-corrected chi connectivity index (χ0v) is 10.3. The Balaban J connectivity index is 0. The van der Waals surface area contributed by atoms with Gasteiger partial charge in [0, 0.05) is 12.0 Å². The summed E-state index contributed by atoms with van der Waals surface area (Å²) in [5.41, 5.74) is 1.70. The lowest BCUT2D eigenvalue weighted by Gasteiger charge is -2.03. The van der Waals surface area contributed by atoms with Crippen LogP contribution in [0.25, 0.3) is 0 Å². The van der Waals surface area contributed by atoms with Crippen molar-refractivity contribution in [1.29, 1.82) is 0 Å². The molecule has 0 N–H and O–H groups in total. The first-order valence-corrected chi connectivity index (χ1v) is 5.52. The Morgan fingerprint density at radius 2 is 1.79 bits per heavy atom. The minimum absolute atomic E-state index is 0.229. The Morgan fingerprint density at radius 3 is 2.07 bits per heavy atom. The fraction of sp³-hybridized carbons (Fsp3) is 0.615. The summed E-state index contributed by atoms with van der Waals surface area (Å²) in [4.78, 5) is 11.4. The Kier molecular flexibility index (Phi) is 11.4. The summed E-state index contributed by atoms with van der Waals surface area (Å²) in [5.74, 6) is 0.229. The smallest absolute Gasteiger partial charge is 0.162 e. The lowest BCUT2D eigenvalue weighted by molar-refractivity contribution is -0.115. The highest BCUT2D eigenvalue weighted by atomic mass is 16.1. The van der Waals surface area contributed by atoms with Gasteiger partial charge in [-0.25, -0.2) is 0 Å². The number of carbonyl (C=O) groups is 1. The number of rotatable bonds is 5. The molecule has 0 aromatic rings. The van der Waals surface area contributed by atoms with Crippen molar-refractivity contribution in [3.63, 3.8) is 0 Å². The predicted molar refractivity (Wildman–Crippen MR) is 64.5 cm³/mol. The summed E-state index contributed by atoms with van der Waals surface area (Å²) in [6, 6.07) is 0. The SMILES string of the molecule is C=C(C)/C(=C\CC)C(=O)CCC.CC. The molecular formula is C13H24O. The highest BCUT2D eigenvalue weighted by molar-refractivity contribution is 5.99. The van der Waals surface area contributed by atoms with E-state index in [2.05, 4.69) is 6.58 Å². The van der Waals surface area contributed by atoms with Gasteiger partial charge in [0.05, 0.1) is 0 Å². The minimum Gasteiger partial charge on any atom is -0.294 e. The molecule has 0 aliphatic carbocycles. The van der Waals surface area contributed by atoms with Crippen molar-refractivity contribution in [2.45, 2.75) is 53.9 Å². The van der Waals surface area contributed by atoms with E-state index < -0.39 is 0 Å². The number of ketones is 1. The van der Waals surface area contributed by atoms with Crippen molar-refractivity contribution >= 4 is 5.78 Å². The minimum atomic E-state index is 0.229. The maximum Gasteiger partial charge on any atom is 0.162 e. The van der Waals surface area contributed by atoms with E-state index in [0.29, 0.717) is 6.42 Å². The maximum atomic E-state index is 11.4. The molecule has 0 atom stereocenters.